The van der Waals surface area contributed by atoms with E-state index in [1.54, 1.807) is 0 Å². The Hall–Kier alpha value is -0.940. The Balaban J connectivity index is 1.68. The van der Waals surface area contributed by atoms with E-state index in [9.17, 15) is 0 Å². The number of nitrogens with zero attached hydrogens (tertiary/aromatic N) is 4. The maximum atomic E-state index is 5.08. The summed E-state index contributed by atoms with van der Waals surface area (Å²) in [5.41, 5.74) is 0. The van der Waals surface area contributed by atoms with E-state index >= 15 is 0 Å². The number of piperazine rings is 1. The third-order valence-corrected chi connectivity index (χ3v) is 4.54. The Bertz CT molecular complexity index is 419. The predicted molar refractivity (Wildman–Crippen MR) is 72.7 cm³/mol. The van der Waals surface area contributed by atoms with E-state index in [2.05, 4.69) is 26.9 Å². The van der Waals surface area contributed by atoms with Gasteiger partial charge in [-0.3, -0.25) is 9.80 Å². The van der Waals surface area contributed by atoms with E-state index in [-0.39, 0.29) is 0 Å². The highest BCUT2D eigenvalue weighted by Gasteiger charge is 2.34. The largest absolute Gasteiger partial charge is 0.340 e. The average molecular weight is 264 g/mol. The summed E-state index contributed by atoms with van der Waals surface area (Å²) in [6, 6.07) is 1.37. The van der Waals surface area contributed by atoms with Gasteiger partial charge in [0.2, 0.25) is 5.89 Å². The number of rotatable bonds is 3. The highest BCUT2D eigenvalue weighted by atomic mass is 16.5. The molecular weight excluding hydrogens is 240 g/mol. The second-order valence-corrected chi connectivity index (χ2v) is 5.87. The minimum absolute atomic E-state index is 0.633. The van der Waals surface area contributed by atoms with Crippen molar-refractivity contribution in [3.63, 3.8) is 0 Å². The van der Waals surface area contributed by atoms with Gasteiger partial charge in [0.1, 0.15) is 0 Å². The van der Waals surface area contributed by atoms with Crippen molar-refractivity contribution in [1.29, 1.82) is 0 Å². The SMILES string of the molecule is CCC1CN2CCCCC2CN1Cc1noc(C)n1. The van der Waals surface area contributed by atoms with E-state index in [4.69, 9.17) is 4.52 Å². The smallest absolute Gasteiger partial charge is 0.223 e. The molecule has 0 N–H and O–H groups in total. The molecule has 3 rings (SSSR count). The van der Waals surface area contributed by atoms with E-state index in [0.717, 1.165) is 25.0 Å². The highest BCUT2D eigenvalue weighted by Crippen LogP contribution is 2.26. The van der Waals surface area contributed by atoms with Crippen LogP contribution in [0.5, 0.6) is 0 Å². The molecule has 2 unspecified atom stereocenters. The molecule has 5 heteroatoms. The molecule has 0 saturated carbocycles. The third-order valence-electron chi connectivity index (χ3n) is 4.54. The molecule has 3 heterocycles. The van der Waals surface area contributed by atoms with Gasteiger partial charge < -0.3 is 4.52 Å². The summed E-state index contributed by atoms with van der Waals surface area (Å²) in [6.45, 7) is 8.62. The molecule has 2 aliphatic rings. The minimum Gasteiger partial charge on any atom is -0.340 e. The molecule has 1 aromatic rings. The first-order chi connectivity index (χ1) is 9.26. The van der Waals surface area contributed by atoms with E-state index in [1.807, 2.05) is 6.92 Å². The lowest BCUT2D eigenvalue weighted by Crippen LogP contribution is -2.59. The average Bonchev–Trinajstić information content (AvgIpc) is 2.83. The zero-order valence-corrected chi connectivity index (χ0v) is 12.0. The third kappa shape index (κ3) is 2.82. The van der Waals surface area contributed by atoms with E-state index < -0.39 is 0 Å². The summed E-state index contributed by atoms with van der Waals surface area (Å²) in [5, 5.41) is 4.04. The van der Waals surface area contributed by atoms with Crippen LogP contribution in [0.15, 0.2) is 4.52 Å². The summed E-state index contributed by atoms with van der Waals surface area (Å²) in [4.78, 5) is 9.59. The Morgan fingerprint density at radius 2 is 2.21 bits per heavy atom. The van der Waals surface area contributed by atoms with Crippen molar-refractivity contribution in [3.8, 4) is 0 Å². The first kappa shape index (κ1) is 13.1. The molecule has 2 atom stereocenters. The maximum Gasteiger partial charge on any atom is 0.223 e. The molecule has 0 amide bonds. The molecule has 0 aliphatic carbocycles. The normalized spacial score (nSPS) is 29.4. The minimum atomic E-state index is 0.633. The fraction of sp³-hybridized carbons (Fsp3) is 0.857. The summed E-state index contributed by atoms with van der Waals surface area (Å²) < 4.78 is 5.08. The summed E-state index contributed by atoms with van der Waals surface area (Å²) in [6.07, 6.45) is 5.29. The first-order valence-electron chi connectivity index (χ1n) is 7.53. The van der Waals surface area contributed by atoms with Gasteiger partial charge in [0.15, 0.2) is 5.82 Å². The molecule has 2 saturated heterocycles. The quantitative estimate of drug-likeness (QED) is 0.833. The number of piperidine rings is 1. The molecule has 0 bridgehead atoms. The van der Waals surface area contributed by atoms with Crippen LogP contribution in [0, 0.1) is 6.92 Å². The van der Waals surface area contributed by atoms with Gasteiger partial charge in [-0.2, -0.15) is 4.98 Å². The highest BCUT2D eigenvalue weighted by molar-refractivity contribution is 4.93. The Labute approximate surface area is 115 Å². The van der Waals surface area contributed by atoms with Crippen molar-refractivity contribution in [3.05, 3.63) is 11.7 Å². The molecular formula is C14H24N4O. The Kier molecular flexibility index (Phi) is 3.84. The van der Waals surface area contributed by atoms with E-state index in [0.29, 0.717) is 11.9 Å². The lowest BCUT2D eigenvalue weighted by molar-refractivity contribution is 0.00177. The van der Waals surface area contributed by atoms with Gasteiger partial charge >= 0.3 is 0 Å². The number of fused-ring (bicyclic) bond motifs is 1. The number of hydrogen-bond donors (Lipinski definition) is 0. The first-order valence-corrected chi connectivity index (χ1v) is 7.53. The molecule has 19 heavy (non-hydrogen) atoms. The van der Waals surface area contributed by atoms with Crippen molar-refractivity contribution in [2.24, 2.45) is 0 Å². The summed E-state index contributed by atoms with van der Waals surface area (Å²) in [5.74, 6) is 1.50. The van der Waals surface area contributed by atoms with Crippen LogP contribution >= 0.6 is 0 Å². The molecule has 2 fully saturated rings. The van der Waals surface area contributed by atoms with Crippen LogP contribution in [0.25, 0.3) is 0 Å². The molecule has 106 valence electrons. The van der Waals surface area contributed by atoms with E-state index in [1.165, 1.54) is 38.8 Å². The molecule has 2 aliphatic heterocycles. The molecule has 0 spiro atoms. The molecule has 1 aromatic heterocycles. The van der Waals surface area contributed by atoms with Crippen LogP contribution in [0.1, 0.15) is 44.3 Å². The lowest BCUT2D eigenvalue weighted by Gasteiger charge is -2.48. The van der Waals surface area contributed by atoms with Gasteiger partial charge in [0.05, 0.1) is 6.54 Å². The van der Waals surface area contributed by atoms with Crippen LogP contribution < -0.4 is 0 Å². The van der Waals surface area contributed by atoms with Crippen molar-refractivity contribution < 1.29 is 4.52 Å². The fourth-order valence-electron chi connectivity index (χ4n) is 3.48. The fourth-order valence-corrected chi connectivity index (χ4v) is 3.48. The monoisotopic (exact) mass is 264 g/mol. The maximum absolute atomic E-state index is 5.08. The number of aryl methyl sites for hydroxylation is 1. The van der Waals surface area contributed by atoms with Crippen LogP contribution in [0.2, 0.25) is 0 Å². The zero-order valence-electron chi connectivity index (χ0n) is 12.0. The molecule has 0 radical (unpaired) electrons. The van der Waals surface area contributed by atoms with Crippen molar-refractivity contribution in [2.45, 2.75) is 58.2 Å². The Morgan fingerprint density at radius 3 is 2.95 bits per heavy atom. The van der Waals surface area contributed by atoms with Crippen molar-refractivity contribution in [1.82, 2.24) is 19.9 Å². The van der Waals surface area contributed by atoms with Crippen LogP contribution in [0.4, 0.5) is 0 Å². The van der Waals surface area contributed by atoms with Gasteiger partial charge in [-0.25, -0.2) is 0 Å². The van der Waals surface area contributed by atoms with Crippen molar-refractivity contribution in [2.75, 3.05) is 19.6 Å². The van der Waals surface area contributed by atoms with Crippen molar-refractivity contribution >= 4 is 0 Å². The zero-order chi connectivity index (χ0) is 13.2. The Morgan fingerprint density at radius 1 is 1.32 bits per heavy atom. The van der Waals surface area contributed by atoms with Gasteiger partial charge in [0.25, 0.3) is 0 Å². The molecule has 5 nitrogen and oxygen atoms in total. The van der Waals surface area contributed by atoms with Gasteiger partial charge in [-0.1, -0.05) is 18.5 Å². The van der Waals surface area contributed by atoms with Gasteiger partial charge in [-0.15, -0.1) is 0 Å². The topological polar surface area (TPSA) is 45.4 Å². The van der Waals surface area contributed by atoms with Crippen LogP contribution in [-0.2, 0) is 6.54 Å². The summed E-state index contributed by atoms with van der Waals surface area (Å²) in [7, 11) is 0. The lowest BCUT2D eigenvalue weighted by atomic mass is 9.96. The van der Waals surface area contributed by atoms with Gasteiger partial charge in [-0.05, 0) is 25.8 Å². The second kappa shape index (κ2) is 5.59. The molecule has 0 aromatic carbocycles. The standard InChI is InChI=1S/C14H24N4O/c1-3-12-8-17-7-5-4-6-13(17)9-18(12)10-14-15-11(2)19-16-14/h12-13H,3-10H2,1-2H3. The van der Waals surface area contributed by atoms with Crippen LogP contribution in [-0.4, -0.2) is 51.7 Å². The predicted octanol–water partition coefficient (Wildman–Crippen LogP) is 1.83. The number of aromatic nitrogens is 2. The van der Waals surface area contributed by atoms with Gasteiger partial charge in [0, 0.05) is 32.1 Å². The second-order valence-electron chi connectivity index (χ2n) is 5.87. The van der Waals surface area contributed by atoms with Crippen LogP contribution in [0.3, 0.4) is 0 Å². The summed E-state index contributed by atoms with van der Waals surface area (Å²) >= 11 is 0. The number of hydrogen-bond acceptors (Lipinski definition) is 5.